The first-order valence-corrected chi connectivity index (χ1v) is 10.4. The predicted molar refractivity (Wildman–Crippen MR) is 97.4 cm³/mol. The summed E-state index contributed by atoms with van der Waals surface area (Å²) in [4.78, 5) is 10.7. The van der Waals surface area contributed by atoms with Crippen molar-refractivity contribution in [2.75, 3.05) is 0 Å². The van der Waals surface area contributed by atoms with E-state index in [9.17, 15) is 0 Å². The van der Waals surface area contributed by atoms with Crippen LogP contribution in [0.2, 0.25) is 0 Å². The van der Waals surface area contributed by atoms with Gasteiger partial charge in [0.1, 0.15) is 11.7 Å². The Morgan fingerprint density at radius 1 is 0.783 bits per heavy atom. The van der Waals surface area contributed by atoms with Crippen LogP contribution in [0.25, 0.3) is 0 Å². The molecule has 134 valence electrons. The summed E-state index contributed by atoms with van der Waals surface area (Å²) in [5.41, 5.74) is -0.0538. The maximum Gasteiger partial charge on any atom is 0.125 e. The highest BCUT2D eigenvalue weighted by Crippen LogP contribution is 2.40. The van der Waals surface area contributed by atoms with Gasteiger partial charge in [0, 0.05) is 6.42 Å². The van der Waals surface area contributed by atoms with E-state index in [2.05, 4.69) is 19.1 Å². The molecule has 0 spiro atoms. The summed E-state index contributed by atoms with van der Waals surface area (Å²) in [5, 5.41) is 0. The smallest absolute Gasteiger partial charge is 0.125 e. The largest absolute Gasteiger partial charge is 0.228 e. The minimum absolute atomic E-state index is 0.0538. The first-order valence-electron chi connectivity index (χ1n) is 10.4. The first kappa shape index (κ1) is 19.0. The third-order valence-corrected chi connectivity index (χ3v) is 5.45. The standard InChI is InChI=1S/C21H38O2/c1-2-3-4-5-6-7-8-9-10-11-12-13-14-15-17-21-18-16-20(19-21)22-23-21/h16,18,20H,2-15,17,19H2,1H3/t20-,21+/m0/s1. The average Bonchev–Trinajstić information content (AvgIpc) is 3.16. The van der Waals surface area contributed by atoms with E-state index in [0.29, 0.717) is 0 Å². The number of hydrogen-bond donors (Lipinski definition) is 0. The third-order valence-electron chi connectivity index (χ3n) is 5.45. The molecule has 0 radical (unpaired) electrons. The van der Waals surface area contributed by atoms with E-state index in [1.54, 1.807) is 0 Å². The van der Waals surface area contributed by atoms with Gasteiger partial charge in [0.2, 0.25) is 0 Å². The second-order valence-electron chi connectivity index (χ2n) is 7.69. The second-order valence-corrected chi connectivity index (χ2v) is 7.69. The Morgan fingerprint density at radius 2 is 1.30 bits per heavy atom. The van der Waals surface area contributed by atoms with Crippen molar-refractivity contribution in [1.82, 2.24) is 0 Å². The highest BCUT2D eigenvalue weighted by Gasteiger charge is 2.43. The van der Waals surface area contributed by atoms with Gasteiger partial charge in [-0.3, -0.25) is 0 Å². The van der Waals surface area contributed by atoms with E-state index in [1.165, 1.54) is 89.9 Å². The van der Waals surface area contributed by atoms with E-state index in [0.717, 1.165) is 12.8 Å². The minimum atomic E-state index is -0.0538. The molecule has 0 unspecified atom stereocenters. The van der Waals surface area contributed by atoms with Crippen LogP contribution in [0, 0.1) is 0 Å². The van der Waals surface area contributed by atoms with Crippen LogP contribution in [0.3, 0.4) is 0 Å². The van der Waals surface area contributed by atoms with E-state index in [4.69, 9.17) is 9.78 Å². The molecule has 23 heavy (non-hydrogen) atoms. The highest BCUT2D eigenvalue weighted by atomic mass is 17.2. The van der Waals surface area contributed by atoms with Crippen LogP contribution in [-0.4, -0.2) is 11.7 Å². The number of unbranched alkanes of at least 4 members (excludes halogenated alkanes) is 13. The molecule has 0 aromatic heterocycles. The maximum absolute atomic E-state index is 5.47. The Morgan fingerprint density at radius 3 is 1.70 bits per heavy atom. The summed E-state index contributed by atoms with van der Waals surface area (Å²) in [7, 11) is 0. The van der Waals surface area contributed by atoms with Gasteiger partial charge in [-0.05, 0) is 6.42 Å². The lowest BCUT2D eigenvalue weighted by molar-refractivity contribution is -0.316. The summed E-state index contributed by atoms with van der Waals surface area (Å²) in [6.45, 7) is 2.29. The van der Waals surface area contributed by atoms with Gasteiger partial charge in [-0.2, -0.15) is 0 Å². The van der Waals surface area contributed by atoms with Crippen molar-refractivity contribution in [2.45, 2.75) is 121 Å². The SMILES string of the molecule is CCCCCCCCCCCCCCCC[C@@]12C=C[C@@H](C1)OO2. The fourth-order valence-electron chi connectivity index (χ4n) is 3.89. The molecule has 0 aromatic rings. The van der Waals surface area contributed by atoms with Crippen molar-refractivity contribution < 1.29 is 9.78 Å². The number of fused-ring (bicyclic) bond motifs is 2. The van der Waals surface area contributed by atoms with Crippen LogP contribution < -0.4 is 0 Å². The van der Waals surface area contributed by atoms with Gasteiger partial charge in [0.05, 0.1) is 0 Å². The van der Waals surface area contributed by atoms with Gasteiger partial charge in [-0.1, -0.05) is 109 Å². The molecule has 2 bridgehead atoms. The lowest BCUT2D eigenvalue weighted by Gasteiger charge is -2.20. The van der Waals surface area contributed by atoms with E-state index in [1.807, 2.05) is 0 Å². The summed E-state index contributed by atoms with van der Waals surface area (Å²) in [6, 6.07) is 0. The van der Waals surface area contributed by atoms with Gasteiger partial charge in [0.25, 0.3) is 0 Å². The van der Waals surface area contributed by atoms with E-state index >= 15 is 0 Å². The summed E-state index contributed by atoms with van der Waals surface area (Å²) in [5.74, 6) is 0. The first-order chi connectivity index (χ1) is 11.3. The molecule has 2 aliphatic rings. The molecule has 2 rings (SSSR count). The Labute approximate surface area is 143 Å². The van der Waals surface area contributed by atoms with Crippen LogP contribution in [0.15, 0.2) is 12.2 Å². The molecule has 0 amide bonds. The zero-order valence-corrected chi connectivity index (χ0v) is 15.4. The topological polar surface area (TPSA) is 18.5 Å². The van der Waals surface area contributed by atoms with Gasteiger partial charge >= 0.3 is 0 Å². The zero-order chi connectivity index (χ0) is 16.2. The minimum Gasteiger partial charge on any atom is -0.228 e. The number of hydrogen-bond acceptors (Lipinski definition) is 2. The average molecular weight is 323 g/mol. The molecule has 1 aliphatic heterocycles. The number of rotatable bonds is 15. The van der Waals surface area contributed by atoms with Crippen LogP contribution in [0.4, 0.5) is 0 Å². The van der Waals surface area contributed by atoms with Crippen molar-refractivity contribution in [2.24, 2.45) is 0 Å². The van der Waals surface area contributed by atoms with Gasteiger partial charge in [-0.25, -0.2) is 9.78 Å². The molecule has 0 N–H and O–H groups in total. The van der Waals surface area contributed by atoms with Crippen LogP contribution in [-0.2, 0) is 9.78 Å². The maximum atomic E-state index is 5.47. The van der Waals surface area contributed by atoms with E-state index < -0.39 is 0 Å². The monoisotopic (exact) mass is 322 g/mol. The third kappa shape index (κ3) is 7.39. The Balaban J connectivity index is 1.28. The summed E-state index contributed by atoms with van der Waals surface area (Å²) >= 11 is 0. The molecule has 1 fully saturated rings. The van der Waals surface area contributed by atoms with Crippen molar-refractivity contribution in [1.29, 1.82) is 0 Å². The normalized spacial score (nSPS) is 25.5. The summed E-state index contributed by atoms with van der Waals surface area (Å²) in [6.07, 6.45) is 26.6. The lowest BCUT2D eigenvalue weighted by atomic mass is 9.95. The highest BCUT2D eigenvalue weighted by molar-refractivity contribution is 5.15. The quantitative estimate of drug-likeness (QED) is 0.186. The van der Waals surface area contributed by atoms with Crippen LogP contribution in [0.5, 0.6) is 0 Å². The Hall–Kier alpha value is -0.340. The second kappa shape index (κ2) is 11.3. The van der Waals surface area contributed by atoms with Crippen molar-refractivity contribution in [3.8, 4) is 0 Å². The molecule has 2 atom stereocenters. The fraction of sp³-hybridized carbons (Fsp3) is 0.905. The molecule has 1 saturated heterocycles. The predicted octanol–water partition coefficient (Wildman–Crippen LogP) is 6.89. The van der Waals surface area contributed by atoms with Crippen LogP contribution in [0.1, 0.15) is 110 Å². The van der Waals surface area contributed by atoms with E-state index in [-0.39, 0.29) is 11.7 Å². The Bertz CT molecular complexity index is 326. The molecule has 0 saturated carbocycles. The molecule has 2 heteroatoms. The van der Waals surface area contributed by atoms with Crippen molar-refractivity contribution in [3.63, 3.8) is 0 Å². The van der Waals surface area contributed by atoms with Crippen molar-refractivity contribution in [3.05, 3.63) is 12.2 Å². The lowest BCUT2D eigenvalue weighted by Crippen LogP contribution is -2.23. The van der Waals surface area contributed by atoms with Crippen LogP contribution >= 0.6 is 0 Å². The van der Waals surface area contributed by atoms with Gasteiger partial charge in [-0.15, -0.1) is 0 Å². The molecule has 2 nitrogen and oxygen atoms in total. The molecular formula is C21H38O2. The Kier molecular flexibility index (Phi) is 9.29. The fourth-order valence-corrected chi connectivity index (χ4v) is 3.89. The van der Waals surface area contributed by atoms with Gasteiger partial charge in [0.15, 0.2) is 0 Å². The summed E-state index contributed by atoms with van der Waals surface area (Å²) < 4.78 is 0. The molecular weight excluding hydrogens is 284 g/mol. The van der Waals surface area contributed by atoms with Crippen molar-refractivity contribution >= 4 is 0 Å². The zero-order valence-electron chi connectivity index (χ0n) is 15.4. The molecule has 1 aliphatic carbocycles. The molecule has 1 heterocycles. The molecule has 0 aromatic carbocycles. The van der Waals surface area contributed by atoms with Gasteiger partial charge < -0.3 is 0 Å².